The highest BCUT2D eigenvalue weighted by Gasteiger charge is 2.26. The van der Waals surface area contributed by atoms with Gasteiger partial charge < -0.3 is 14.2 Å². The molecule has 0 N–H and O–H groups in total. The number of methoxy groups -OCH3 is 1. The summed E-state index contributed by atoms with van der Waals surface area (Å²) >= 11 is 1.73. The number of rotatable bonds is 5. The second-order valence-corrected chi connectivity index (χ2v) is 8.19. The smallest absolute Gasteiger partial charge is 0.266 e. The van der Waals surface area contributed by atoms with Gasteiger partial charge in [0.1, 0.15) is 5.75 Å². The Kier molecular flexibility index (Phi) is 5.19. The normalized spacial score (nSPS) is 14.8. The molecule has 3 heterocycles. The Balaban J connectivity index is 1.26. The molecule has 0 aliphatic carbocycles. The summed E-state index contributed by atoms with van der Waals surface area (Å²) in [6.07, 6.45) is 2.04. The fraction of sp³-hybridized carbons (Fsp3) is 0.261. The highest BCUT2D eigenvalue weighted by Crippen LogP contribution is 2.36. The van der Waals surface area contributed by atoms with E-state index in [9.17, 15) is 0 Å². The average Bonchev–Trinajstić information content (AvgIpc) is 3.50. The van der Waals surface area contributed by atoms with E-state index in [0.29, 0.717) is 17.8 Å². The molecule has 152 valence electrons. The minimum Gasteiger partial charge on any atom is -0.496 e. The second-order valence-electron chi connectivity index (χ2n) is 7.30. The Labute approximate surface area is 179 Å². The van der Waals surface area contributed by atoms with Crippen LogP contribution < -0.4 is 9.64 Å². The van der Waals surface area contributed by atoms with E-state index in [4.69, 9.17) is 14.2 Å². The molecule has 1 aliphatic heterocycles. The van der Waals surface area contributed by atoms with Crippen LogP contribution >= 0.6 is 11.3 Å². The van der Waals surface area contributed by atoms with Crippen LogP contribution in [0.2, 0.25) is 0 Å². The summed E-state index contributed by atoms with van der Waals surface area (Å²) in [6.45, 7) is 1.78. The molecule has 7 heteroatoms. The van der Waals surface area contributed by atoms with Gasteiger partial charge in [-0.2, -0.15) is 4.98 Å². The van der Waals surface area contributed by atoms with Crippen molar-refractivity contribution < 1.29 is 9.26 Å². The SMILES string of the molecule is COc1ccccc1-c1csc(C2CCN(c3noc(-c4ccccc4)n3)CC2)n1. The van der Waals surface area contributed by atoms with Crippen molar-refractivity contribution in [1.29, 1.82) is 0 Å². The Hall–Kier alpha value is -3.19. The highest BCUT2D eigenvalue weighted by molar-refractivity contribution is 7.10. The molecule has 0 saturated carbocycles. The lowest BCUT2D eigenvalue weighted by molar-refractivity contribution is 0.416. The van der Waals surface area contributed by atoms with Crippen molar-refractivity contribution >= 4 is 17.3 Å². The van der Waals surface area contributed by atoms with Crippen LogP contribution in [0.25, 0.3) is 22.7 Å². The Bertz CT molecular complexity index is 1120. The number of aromatic nitrogens is 3. The van der Waals surface area contributed by atoms with Gasteiger partial charge in [-0.1, -0.05) is 30.3 Å². The summed E-state index contributed by atoms with van der Waals surface area (Å²) in [6, 6.07) is 17.9. The molecule has 1 aliphatic rings. The van der Waals surface area contributed by atoms with Gasteiger partial charge in [0.05, 0.1) is 17.8 Å². The van der Waals surface area contributed by atoms with Gasteiger partial charge in [-0.05, 0) is 42.3 Å². The van der Waals surface area contributed by atoms with Crippen molar-refractivity contribution in [2.75, 3.05) is 25.1 Å². The quantitative estimate of drug-likeness (QED) is 0.441. The first-order valence-corrected chi connectivity index (χ1v) is 10.9. The molecule has 0 unspecified atom stereocenters. The monoisotopic (exact) mass is 418 g/mol. The topological polar surface area (TPSA) is 64.3 Å². The maximum absolute atomic E-state index is 5.49. The van der Waals surface area contributed by atoms with Gasteiger partial charge in [-0.3, -0.25) is 0 Å². The van der Waals surface area contributed by atoms with E-state index < -0.39 is 0 Å². The minimum absolute atomic E-state index is 0.454. The number of anilines is 1. The molecule has 5 rings (SSSR count). The molecule has 30 heavy (non-hydrogen) atoms. The molecule has 0 atom stereocenters. The van der Waals surface area contributed by atoms with Crippen LogP contribution in [0.5, 0.6) is 5.75 Å². The van der Waals surface area contributed by atoms with Crippen molar-refractivity contribution in [3.05, 3.63) is 65.0 Å². The van der Waals surface area contributed by atoms with Gasteiger partial charge in [-0.25, -0.2) is 4.98 Å². The second kappa shape index (κ2) is 8.28. The summed E-state index contributed by atoms with van der Waals surface area (Å²) < 4.78 is 11.0. The number of thiazole rings is 1. The lowest BCUT2D eigenvalue weighted by Crippen LogP contribution is -2.33. The molecule has 2 aromatic heterocycles. The van der Waals surface area contributed by atoms with Gasteiger partial charge in [0.15, 0.2) is 0 Å². The van der Waals surface area contributed by atoms with Crippen LogP contribution in [0.15, 0.2) is 64.5 Å². The van der Waals surface area contributed by atoms with E-state index in [1.807, 2.05) is 48.5 Å². The summed E-state index contributed by atoms with van der Waals surface area (Å²) in [7, 11) is 1.70. The summed E-state index contributed by atoms with van der Waals surface area (Å²) in [5.41, 5.74) is 2.97. The van der Waals surface area contributed by atoms with Crippen LogP contribution in [0, 0.1) is 0 Å². The fourth-order valence-corrected chi connectivity index (χ4v) is 4.81. The average molecular weight is 419 g/mol. The third-order valence-electron chi connectivity index (χ3n) is 5.47. The lowest BCUT2D eigenvalue weighted by Gasteiger charge is -2.29. The van der Waals surface area contributed by atoms with Crippen molar-refractivity contribution in [3.63, 3.8) is 0 Å². The van der Waals surface area contributed by atoms with Gasteiger partial charge in [0.25, 0.3) is 11.8 Å². The van der Waals surface area contributed by atoms with Crippen LogP contribution in [0.4, 0.5) is 5.95 Å². The number of hydrogen-bond acceptors (Lipinski definition) is 7. The van der Waals surface area contributed by atoms with Gasteiger partial charge in [0, 0.05) is 35.5 Å². The maximum Gasteiger partial charge on any atom is 0.266 e. The van der Waals surface area contributed by atoms with E-state index in [-0.39, 0.29) is 0 Å². The first kappa shape index (κ1) is 18.8. The van der Waals surface area contributed by atoms with Crippen molar-refractivity contribution in [3.8, 4) is 28.5 Å². The zero-order chi connectivity index (χ0) is 20.3. The molecule has 1 fully saturated rings. The minimum atomic E-state index is 0.454. The van der Waals surface area contributed by atoms with Gasteiger partial charge in [-0.15, -0.1) is 11.3 Å². The van der Waals surface area contributed by atoms with Crippen LogP contribution in [-0.4, -0.2) is 35.3 Å². The predicted molar refractivity (Wildman–Crippen MR) is 118 cm³/mol. The molecule has 0 spiro atoms. The molecule has 4 aromatic rings. The standard InChI is InChI=1S/C23H22N4O2S/c1-28-20-10-6-5-9-18(20)19-15-30-22(24-19)17-11-13-27(14-12-17)23-25-21(29-26-23)16-7-3-2-4-8-16/h2-10,15,17H,11-14H2,1H3. The number of ether oxygens (including phenoxy) is 1. The third-order valence-corrected chi connectivity index (χ3v) is 6.48. The molecule has 0 bridgehead atoms. The molecular weight excluding hydrogens is 396 g/mol. The number of piperidine rings is 1. The summed E-state index contributed by atoms with van der Waals surface area (Å²) in [5.74, 6) is 2.54. The third kappa shape index (κ3) is 3.68. The molecule has 2 aromatic carbocycles. The summed E-state index contributed by atoms with van der Waals surface area (Å²) in [4.78, 5) is 11.7. The highest BCUT2D eigenvalue weighted by atomic mass is 32.1. The number of benzene rings is 2. The van der Waals surface area contributed by atoms with Crippen LogP contribution in [-0.2, 0) is 0 Å². The van der Waals surface area contributed by atoms with Crippen LogP contribution in [0.3, 0.4) is 0 Å². The molecule has 0 radical (unpaired) electrons. The zero-order valence-corrected chi connectivity index (χ0v) is 17.5. The van der Waals surface area contributed by atoms with Gasteiger partial charge in [0.2, 0.25) is 0 Å². The lowest BCUT2D eigenvalue weighted by atomic mass is 9.98. The van der Waals surface area contributed by atoms with Crippen molar-refractivity contribution in [1.82, 2.24) is 15.1 Å². The van der Waals surface area contributed by atoms with E-state index in [0.717, 1.165) is 48.5 Å². The maximum atomic E-state index is 5.49. The molecule has 0 amide bonds. The Morgan fingerprint density at radius 2 is 1.77 bits per heavy atom. The van der Waals surface area contributed by atoms with E-state index in [1.54, 1.807) is 18.4 Å². The van der Waals surface area contributed by atoms with Crippen molar-refractivity contribution in [2.45, 2.75) is 18.8 Å². The first-order valence-electron chi connectivity index (χ1n) is 10.0. The Morgan fingerprint density at radius 3 is 2.57 bits per heavy atom. The van der Waals surface area contributed by atoms with Gasteiger partial charge >= 0.3 is 0 Å². The number of nitrogens with zero attached hydrogens (tertiary/aromatic N) is 4. The van der Waals surface area contributed by atoms with Crippen LogP contribution in [0.1, 0.15) is 23.8 Å². The largest absolute Gasteiger partial charge is 0.496 e. The van der Waals surface area contributed by atoms with Crippen molar-refractivity contribution in [2.24, 2.45) is 0 Å². The number of para-hydroxylation sites is 1. The van der Waals surface area contributed by atoms with E-state index >= 15 is 0 Å². The first-order chi connectivity index (χ1) is 14.8. The molecular formula is C23H22N4O2S. The summed E-state index contributed by atoms with van der Waals surface area (Å²) in [5, 5.41) is 7.51. The Morgan fingerprint density at radius 1 is 1.00 bits per heavy atom. The molecule has 6 nitrogen and oxygen atoms in total. The zero-order valence-electron chi connectivity index (χ0n) is 16.7. The number of hydrogen-bond donors (Lipinski definition) is 0. The van der Waals surface area contributed by atoms with E-state index in [1.165, 1.54) is 5.01 Å². The van der Waals surface area contributed by atoms with E-state index in [2.05, 4.69) is 26.5 Å². The fourth-order valence-electron chi connectivity index (χ4n) is 3.82. The predicted octanol–water partition coefficient (Wildman–Crippen LogP) is 5.25. The molecule has 1 saturated heterocycles.